The summed E-state index contributed by atoms with van der Waals surface area (Å²) in [6, 6.07) is 5.53. The Labute approximate surface area is 167 Å². The number of aliphatic hydroxyl groups excluding tert-OH is 4. The highest BCUT2D eigenvalue weighted by atomic mass is 16.7. The molecule has 9 heteroatoms. The van der Waals surface area contributed by atoms with Crippen LogP contribution in [-0.2, 0) is 22.6 Å². The van der Waals surface area contributed by atoms with Gasteiger partial charge in [0, 0.05) is 5.39 Å². The Balaban J connectivity index is 1.88. The van der Waals surface area contributed by atoms with Crippen molar-refractivity contribution in [3.05, 3.63) is 29.5 Å². The summed E-state index contributed by atoms with van der Waals surface area (Å²) in [5.74, 6) is -3.01. The summed E-state index contributed by atoms with van der Waals surface area (Å²) in [5.41, 5.74) is 1.69. The summed E-state index contributed by atoms with van der Waals surface area (Å²) in [5, 5.41) is 49.1. The molecule has 1 aliphatic heterocycles. The van der Waals surface area contributed by atoms with Gasteiger partial charge in [-0.2, -0.15) is 0 Å². The van der Waals surface area contributed by atoms with Crippen LogP contribution in [0, 0.1) is 5.92 Å². The third-order valence-electron chi connectivity index (χ3n) is 5.07. The second kappa shape index (κ2) is 8.39. The van der Waals surface area contributed by atoms with Crippen molar-refractivity contribution in [3.63, 3.8) is 0 Å². The van der Waals surface area contributed by atoms with Crippen LogP contribution in [0.5, 0.6) is 5.75 Å². The van der Waals surface area contributed by atoms with E-state index < -0.39 is 43.3 Å². The van der Waals surface area contributed by atoms with Crippen LogP contribution >= 0.6 is 0 Å². The zero-order valence-corrected chi connectivity index (χ0v) is 16.3. The Morgan fingerprint density at radius 1 is 1.31 bits per heavy atom. The minimum absolute atomic E-state index is 0.0311. The maximum atomic E-state index is 12.6. The zero-order valence-electron chi connectivity index (χ0n) is 16.3. The lowest BCUT2D eigenvalue weighted by atomic mass is 10.0. The highest BCUT2D eigenvalue weighted by Crippen LogP contribution is 2.34. The summed E-state index contributed by atoms with van der Waals surface area (Å²) in [6.45, 7) is 2.75. The zero-order chi connectivity index (χ0) is 21.3. The lowest BCUT2D eigenvalue weighted by Gasteiger charge is -2.22. The monoisotopic (exact) mass is 408 g/mol. The van der Waals surface area contributed by atoms with Gasteiger partial charge < -0.3 is 40.0 Å². The molecule has 2 heterocycles. The Hall–Kier alpha value is -2.01. The molecule has 0 spiro atoms. The Bertz CT molecular complexity index is 879. The van der Waals surface area contributed by atoms with E-state index in [-0.39, 0.29) is 11.4 Å². The molecule has 0 amide bonds. The fourth-order valence-corrected chi connectivity index (χ4v) is 3.31. The van der Waals surface area contributed by atoms with Crippen molar-refractivity contribution in [2.24, 2.45) is 5.92 Å². The molecule has 0 radical (unpaired) electrons. The molecule has 3 rings (SSSR count). The van der Waals surface area contributed by atoms with Crippen LogP contribution in [0.15, 0.2) is 18.2 Å². The van der Waals surface area contributed by atoms with Crippen LogP contribution in [0.1, 0.15) is 31.5 Å². The van der Waals surface area contributed by atoms with Crippen molar-refractivity contribution in [2.75, 3.05) is 6.61 Å². The Morgan fingerprint density at radius 3 is 2.62 bits per heavy atom. The molecule has 29 heavy (non-hydrogen) atoms. The summed E-state index contributed by atoms with van der Waals surface area (Å²) < 4.78 is 10.3. The van der Waals surface area contributed by atoms with Crippen LogP contribution in [-0.4, -0.2) is 62.2 Å². The normalized spacial score (nSPS) is 27.1. The van der Waals surface area contributed by atoms with Crippen molar-refractivity contribution in [3.8, 4) is 5.75 Å². The van der Waals surface area contributed by atoms with Crippen molar-refractivity contribution in [1.82, 2.24) is 4.98 Å². The van der Waals surface area contributed by atoms with E-state index in [0.29, 0.717) is 16.8 Å². The van der Waals surface area contributed by atoms with Gasteiger partial charge >= 0.3 is 5.97 Å². The molecule has 0 saturated carbocycles. The highest BCUT2D eigenvalue weighted by Gasteiger charge is 2.56. The second-order valence-corrected chi connectivity index (χ2v) is 7.73. The predicted octanol–water partition coefficient (Wildman–Crippen LogP) is -0.415. The minimum Gasteiger partial charge on any atom is -0.656 e. The first-order chi connectivity index (χ1) is 13.7. The SMILES string of the molecule is CC(C)CCc1ccc2[n-]c(CO)c(OC(=O)[C@@H]3O[C@@](O)(CO)[C@H](O)[C@H]3O)c2c1. The average molecular weight is 408 g/mol. The van der Waals surface area contributed by atoms with Gasteiger partial charge in [-0.3, -0.25) is 0 Å². The van der Waals surface area contributed by atoms with Gasteiger partial charge in [-0.1, -0.05) is 31.7 Å². The van der Waals surface area contributed by atoms with Crippen LogP contribution in [0.4, 0.5) is 0 Å². The number of aromatic nitrogens is 1. The molecule has 5 N–H and O–H groups in total. The van der Waals surface area contributed by atoms with Gasteiger partial charge in [-0.25, -0.2) is 4.79 Å². The smallest absolute Gasteiger partial charge is 0.343 e. The number of ether oxygens (including phenoxy) is 2. The molecule has 0 aliphatic carbocycles. The Kier molecular flexibility index (Phi) is 6.27. The molecule has 2 aromatic rings. The quantitative estimate of drug-likeness (QED) is 0.385. The van der Waals surface area contributed by atoms with Crippen LogP contribution < -0.4 is 9.72 Å². The number of aryl methyl sites for hydroxylation is 1. The van der Waals surface area contributed by atoms with Gasteiger partial charge in [0.2, 0.25) is 5.79 Å². The van der Waals surface area contributed by atoms with Crippen molar-refractivity contribution in [1.29, 1.82) is 0 Å². The van der Waals surface area contributed by atoms with Gasteiger partial charge in [0.15, 0.2) is 6.10 Å². The number of fused-ring (bicyclic) bond motifs is 1. The molecule has 0 unspecified atom stereocenters. The number of benzene rings is 1. The maximum absolute atomic E-state index is 12.6. The first kappa shape index (κ1) is 21.7. The van der Waals surface area contributed by atoms with E-state index in [1.54, 1.807) is 6.07 Å². The van der Waals surface area contributed by atoms with Crippen molar-refractivity contribution < 1.29 is 39.8 Å². The molecule has 1 saturated heterocycles. The Morgan fingerprint density at radius 2 is 2.03 bits per heavy atom. The summed E-state index contributed by atoms with van der Waals surface area (Å²) in [4.78, 5) is 16.8. The van der Waals surface area contributed by atoms with Crippen LogP contribution in [0.2, 0.25) is 0 Å². The van der Waals surface area contributed by atoms with Crippen molar-refractivity contribution in [2.45, 2.75) is 57.4 Å². The summed E-state index contributed by atoms with van der Waals surface area (Å²) in [6.07, 6.45) is -3.61. The van der Waals surface area contributed by atoms with E-state index in [0.717, 1.165) is 18.4 Å². The second-order valence-electron chi connectivity index (χ2n) is 7.73. The number of hydrogen-bond acceptors (Lipinski definition) is 8. The number of rotatable bonds is 7. The lowest BCUT2D eigenvalue weighted by Crippen LogP contribution is -2.46. The molecular weight excluding hydrogens is 382 g/mol. The number of nitrogens with zero attached hydrogens (tertiary/aromatic N) is 1. The molecular formula is C20H26NO8-. The first-order valence-electron chi connectivity index (χ1n) is 9.48. The number of esters is 1. The minimum atomic E-state index is -2.47. The number of carbonyl (C=O) groups is 1. The molecule has 1 aromatic carbocycles. The van der Waals surface area contributed by atoms with E-state index in [2.05, 4.69) is 18.8 Å². The topological polar surface area (TPSA) is 151 Å². The molecule has 1 aliphatic rings. The van der Waals surface area contributed by atoms with Gasteiger partial charge in [-0.05, 0) is 30.4 Å². The first-order valence-corrected chi connectivity index (χ1v) is 9.48. The maximum Gasteiger partial charge on any atom is 0.343 e. The van der Waals surface area contributed by atoms with Gasteiger partial charge in [-0.15, -0.1) is 5.52 Å². The van der Waals surface area contributed by atoms with E-state index in [1.807, 2.05) is 12.1 Å². The molecule has 1 fully saturated rings. The van der Waals surface area contributed by atoms with Gasteiger partial charge in [0.05, 0.1) is 13.2 Å². The molecule has 160 valence electrons. The van der Waals surface area contributed by atoms with E-state index >= 15 is 0 Å². The third kappa shape index (κ3) is 4.16. The average Bonchev–Trinajstić information content (AvgIpc) is 3.16. The lowest BCUT2D eigenvalue weighted by molar-refractivity contribution is -0.246. The third-order valence-corrected chi connectivity index (χ3v) is 5.07. The fraction of sp³-hybridized carbons (Fsp3) is 0.550. The predicted molar refractivity (Wildman–Crippen MR) is 101 cm³/mol. The van der Waals surface area contributed by atoms with E-state index in [1.165, 1.54) is 0 Å². The molecule has 9 nitrogen and oxygen atoms in total. The standard InChI is InChI=1S/C20H26NO8/c1-10(2)3-4-11-5-6-13-12(7-11)16(14(8-22)21-13)28-19(26)17-15(24)18(25)20(27,9-23)29-17/h5-7,10,15,17-18,22-25,27H,3-4,8-9H2,1-2H3/q-1/t15-,17+,18+,20-/m0/s1. The summed E-state index contributed by atoms with van der Waals surface area (Å²) >= 11 is 0. The highest BCUT2D eigenvalue weighted by molar-refractivity contribution is 5.91. The van der Waals surface area contributed by atoms with Crippen LogP contribution in [0.3, 0.4) is 0 Å². The van der Waals surface area contributed by atoms with Crippen molar-refractivity contribution >= 4 is 16.9 Å². The molecule has 1 aromatic heterocycles. The molecule has 0 bridgehead atoms. The van der Waals surface area contributed by atoms with Crippen LogP contribution in [0.25, 0.3) is 10.9 Å². The van der Waals surface area contributed by atoms with Gasteiger partial charge in [0.1, 0.15) is 18.0 Å². The summed E-state index contributed by atoms with van der Waals surface area (Å²) in [7, 11) is 0. The molecule has 4 atom stereocenters. The number of carbonyl (C=O) groups excluding carboxylic acids is 1. The number of aliphatic hydroxyl groups is 5. The largest absolute Gasteiger partial charge is 0.656 e. The van der Waals surface area contributed by atoms with Gasteiger partial charge in [0.25, 0.3) is 0 Å². The van der Waals surface area contributed by atoms with E-state index in [9.17, 15) is 30.3 Å². The van der Waals surface area contributed by atoms with E-state index in [4.69, 9.17) is 9.47 Å². The fourth-order valence-electron chi connectivity index (χ4n) is 3.31. The number of hydrogen-bond donors (Lipinski definition) is 5.